The molecule has 0 aliphatic carbocycles. The number of hydrogen-bond acceptors (Lipinski definition) is 5. The summed E-state index contributed by atoms with van der Waals surface area (Å²) in [5, 5.41) is 0. The Hall–Kier alpha value is -1.63. The quantitative estimate of drug-likeness (QED) is 0.666. The zero-order valence-electron chi connectivity index (χ0n) is 11.1. The Labute approximate surface area is 121 Å². The molecule has 0 aliphatic heterocycles. The average Bonchev–Trinajstić information content (AvgIpc) is 2.79. The molecule has 0 radical (unpaired) electrons. The van der Waals surface area contributed by atoms with Crippen LogP contribution in [0, 0.1) is 0 Å². The minimum absolute atomic E-state index is 0.347. The van der Waals surface area contributed by atoms with E-state index in [1.165, 1.54) is 0 Å². The second-order valence-electron chi connectivity index (χ2n) is 4.26. The largest absolute Gasteiger partial charge is 0.518 e. The monoisotopic (exact) mass is 360 g/mol. The van der Waals surface area contributed by atoms with Gasteiger partial charge in [-0.05, 0) is 0 Å². The summed E-state index contributed by atoms with van der Waals surface area (Å²) in [5.74, 6) is -12.3. The van der Waals surface area contributed by atoms with E-state index in [1.54, 1.807) is 0 Å². The molecule has 13 heteroatoms. The summed E-state index contributed by atoms with van der Waals surface area (Å²) >= 11 is 0. The van der Waals surface area contributed by atoms with Gasteiger partial charge < -0.3 is 18.3 Å². The van der Waals surface area contributed by atoms with Crippen molar-refractivity contribution in [1.82, 2.24) is 0 Å². The molecule has 23 heavy (non-hydrogen) atoms. The molecule has 1 heterocycles. The SMILES string of the molecule is CC(F)(F)C(F)(F)OCC(F)(F)C(F)(F)OCc1coc(=O)o1. The summed E-state index contributed by atoms with van der Waals surface area (Å²) in [4.78, 5) is 10.4. The van der Waals surface area contributed by atoms with Crippen molar-refractivity contribution in [1.29, 1.82) is 0 Å². The molecule has 0 saturated heterocycles. The topological polar surface area (TPSA) is 61.8 Å². The Morgan fingerprint density at radius 2 is 1.57 bits per heavy atom. The smallest absolute Gasteiger partial charge is 0.399 e. The van der Waals surface area contributed by atoms with Crippen LogP contribution in [-0.4, -0.2) is 30.7 Å². The lowest BCUT2D eigenvalue weighted by Gasteiger charge is -2.29. The van der Waals surface area contributed by atoms with Crippen molar-refractivity contribution in [3.63, 3.8) is 0 Å². The minimum atomic E-state index is -5.40. The lowest BCUT2D eigenvalue weighted by atomic mass is 10.3. The van der Waals surface area contributed by atoms with Gasteiger partial charge in [0, 0.05) is 6.92 Å². The zero-order valence-corrected chi connectivity index (χ0v) is 11.1. The number of alkyl halides is 8. The fraction of sp³-hybridized carbons (Fsp3) is 0.700. The highest BCUT2D eigenvalue weighted by molar-refractivity contribution is 4.84. The first-order valence-electron chi connectivity index (χ1n) is 5.55. The second kappa shape index (κ2) is 6.11. The molecule has 0 unspecified atom stereocenters. The van der Waals surface area contributed by atoms with Crippen molar-refractivity contribution in [2.75, 3.05) is 6.61 Å². The van der Waals surface area contributed by atoms with E-state index in [1.807, 2.05) is 0 Å². The maximum absolute atomic E-state index is 13.1. The number of rotatable bonds is 8. The van der Waals surface area contributed by atoms with E-state index >= 15 is 0 Å². The Balaban J connectivity index is 2.70. The van der Waals surface area contributed by atoms with Gasteiger partial charge in [-0.15, -0.1) is 0 Å². The predicted molar refractivity (Wildman–Crippen MR) is 53.4 cm³/mol. The summed E-state index contributed by atoms with van der Waals surface area (Å²) < 4.78 is 117. The van der Waals surface area contributed by atoms with Crippen LogP contribution in [0.5, 0.6) is 0 Å². The third-order valence-corrected chi connectivity index (χ3v) is 2.27. The molecular weight excluding hydrogens is 352 g/mol. The van der Waals surface area contributed by atoms with Crippen molar-refractivity contribution >= 4 is 0 Å². The van der Waals surface area contributed by atoms with Crippen LogP contribution in [0.4, 0.5) is 35.1 Å². The highest BCUT2D eigenvalue weighted by Gasteiger charge is 2.62. The lowest BCUT2D eigenvalue weighted by molar-refractivity contribution is -0.398. The Bertz CT molecular complexity index is 572. The number of ether oxygens (including phenoxy) is 2. The summed E-state index contributed by atoms with van der Waals surface area (Å²) in [5.41, 5.74) is 0. The van der Waals surface area contributed by atoms with Crippen LogP contribution in [0.2, 0.25) is 0 Å². The Morgan fingerprint density at radius 1 is 1.00 bits per heavy atom. The summed E-state index contributed by atoms with van der Waals surface area (Å²) in [6, 6.07) is 0. The van der Waals surface area contributed by atoms with Crippen LogP contribution in [0.25, 0.3) is 0 Å². The molecule has 0 aliphatic rings. The van der Waals surface area contributed by atoms with E-state index in [4.69, 9.17) is 0 Å². The van der Waals surface area contributed by atoms with Gasteiger partial charge in [-0.2, -0.15) is 35.1 Å². The average molecular weight is 360 g/mol. The molecule has 0 fully saturated rings. The van der Waals surface area contributed by atoms with Crippen LogP contribution in [0.3, 0.4) is 0 Å². The highest BCUT2D eigenvalue weighted by Crippen LogP contribution is 2.40. The first kappa shape index (κ1) is 19.4. The molecule has 1 aromatic heterocycles. The van der Waals surface area contributed by atoms with Crippen LogP contribution in [0.1, 0.15) is 12.7 Å². The Morgan fingerprint density at radius 3 is 2.00 bits per heavy atom. The minimum Gasteiger partial charge on any atom is -0.399 e. The molecule has 0 aromatic carbocycles. The number of hydrogen-bond donors (Lipinski definition) is 0. The fourth-order valence-electron chi connectivity index (χ4n) is 0.992. The van der Waals surface area contributed by atoms with Gasteiger partial charge in [0.25, 0.3) is 0 Å². The van der Waals surface area contributed by atoms with E-state index in [-0.39, 0.29) is 6.92 Å². The van der Waals surface area contributed by atoms with Gasteiger partial charge in [0.05, 0.1) is 0 Å². The van der Waals surface area contributed by atoms with Gasteiger partial charge in [0.2, 0.25) is 0 Å². The molecule has 1 aromatic rings. The van der Waals surface area contributed by atoms with Crippen LogP contribution in [0.15, 0.2) is 19.9 Å². The van der Waals surface area contributed by atoms with E-state index in [0.29, 0.717) is 6.26 Å². The van der Waals surface area contributed by atoms with Crippen LogP contribution in [-0.2, 0) is 16.1 Å². The Kier molecular flexibility index (Phi) is 5.16. The van der Waals surface area contributed by atoms with Crippen molar-refractivity contribution in [2.45, 2.75) is 37.6 Å². The second-order valence-corrected chi connectivity index (χ2v) is 4.26. The molecular formula is C10H8F8O5. The zero-order chi connectivity index (χ0) is 18.1. The third-order valence-electron chi connectivity index (χ3n) is 2.27. The summed E-state index contributed by atoms with van der Waals surface area (Å²) in [6.07, 6.45) is -10.3. The maximum Gasteiger partial charge on any atom is 0.518 e. The van der Waals surface area contributed by atoms with Gasteiger partial charge in [-0.25, -0.2) is 4.79 Å². The van der Waals surface area contributed by atoms with Crippen LogP contribution < -0.4 is 5.82 Å². The van der Waals surface area contributed by atoms with E-state index in [9.17, 15) is 39.9 Å². The van der Waals surface area contributed by atoms with E-state index in [2.05, 4.69) is 18.3 Å². The normalized spacial score (nSPS) is 14.3. The number of halogens is 8. The van der Waals surface area contributed by atoms with Crippen molar-refractivity contribution in [3.05, 3.63) is 22.6 Å². The lowest BCUT2D eigenvalue weighted by Crippen LogP contribution is -2.50. The summed E-state index contributed by atoms with van der Waals surface area (Å²) in [6.45, 7) is -4.48. The predicted octanol–water partition coefficient (Wildman–Crippen LogP) is 3.24. The van der Waals surface area contributed by atoms with Gasteiger partial charge in [-0.3, -0.25) is 0 Å². The van der Waals surface area contributed by atoms with Gasteiger partial charge in [-0.1, -0.05) is 0 Å². The van der Waals surface area contributed by atoms with Crippen molar-refractivity contribution in [2.24, 2.45) is 0 Å². The molecule has 0 N–H and O–H groups in total. The molecule has 0 saturated carbocycles. The highest BCUT2D eigenvalue weighted by atomic mass is 19.3. The van der Waals surface area contributed by atoms with Crippen LogP contribution >= 0.6 is 0 Å². The van der Waals surface area contributed by atoms with Gasteiger partial charge in [0.15, 0.2) is 5.76 Å². The van der Waals surface area contributed by atoms with Crippen molar-refractivity contribution < 1.29 is 53.4 Å². The molecule has 0 spiro atoms. The van der Waals surface area contributed by atoms with E-state index in [0.717, 1.165) is 0 Å². The van der Waals surface area contributed by atoms with Gasteiger partial charge >= 0.3 is 29.9 Å². The van der Waals surface area contributed by atoms with E-state index < -0.39 is 48.9 Å². The molecule has 1 rings (SSSR count). The fourth-order valence-corrected chi connectivity index (χ4v) is 0.992. The molecule has 0 atom stereocenters. The molecule has 0 bridgehead atoms. The summed E-state index contributed by atoms with van der Waals surface area (Å²) in [7, 11) is 0. The van der Waals surface area contributed by atoms with Crippen molar-refractivity contribution in [3.8, 4) is 0 Å². The van der Waals surface area contributed by atoms with Gasteiger partial charge in [0.1, 0.15) is 19.5 Å². The standard InChI is InChI=1S/C10H8F8O5/c1-7(11,12)9(15,16)22-4-8(13,14)10(17,18)21-3-5-2-20-6(19)23-5/h2H,3-4H2,1H3. The first-order chi connectivity index (χ1) is 10.2. The maximum atomic E-state index is 13.1. The molecule has 5 nitrogen and oxygen atoms in total. The third kappa shape index (κ3) is 4.67. The molecule has 134 valence electrons. The molecule has 0 amide bonds. The first-order valence-corrected chi connectivity index (χ1v) is 5.55.